The van der Waals surface area contributed by atoms with Crippen LogP contribution in [0, 0.1) is 33.4 Å². The maximum Gasteiger partial charge on any atom is 0.334 e. The van der Waals surface area contributed by atoms with Gasteiger partial charge in [0.25, 0.3) is 0 Å². The molecule has 2 heterocycles. The summed E-state index contributed by atoms with van der Waals surface area (Å²) >= 11 is 0. The monoisotopic (exact) mass is 440 g/mol. The summed E-state index contributed by atoms with van der Waals surface area (Å²) in [6.45, 7) is 4.93. The van der Waals surface area contributed by atoms with E-state index < -0.39 is 28.6 Å². The topological polar surface area (TPSA) is 131 Å². The zero-order valence-corrected chi connectivity index (χ0v) is 17.2. The average Bonchev–Trinajstić information content (AvgIpc) is 3.14. The maximum atomic E-state index is 15.1. The van der Waals surface area contributed by atoms with E-state index in [-0.39, 0.29) is 22.2 Å². The highest BCUT2D eigenvalue weighted by Gasteiger charge is 2.42. The van der Waals surface area contributed by atoms with Gasteiger partial charge in [-0.2, -0.15) is 28.9 Å². The Hall–Kier alpha value is -4.33. The minimum absolute atomic E-state index is 0.0830. The highest BCUT2D eigenvalue weighted by Crippen LogP contribution is 2.34. The van der Waals surface area contributed by atoms with Crippen LogP contribution in [0.3, 0.4) is 0 Å². The summed E-state index contributed by atoms with van der Waals surface area (Å²) in [5.41, 5.74) is -0.983. The van der Waals surface area contributed by atoms with E-state index in [9.17, 15) is 4.39 Å². The number of halogens is 3. The Morgan fingerprint density at radius 3 is 2.50 bits per heavy atom. The van der Waals surface area contributed by atoms with E-state index in [1.807, 2.05) is 0 Å². The summed E-state index contributed by atoms with van der Waals surface area (Å²) < 4.78 is 46.6. The first kappa shape index (κ1) is 23.9. The van der Waals surface area contributed by atoms with Gasteiger partial charge in [-0.3, -0.25) is 15.5 Å². The van der Waals surface area contributed by atoms with Crippen molar-refractivity contribution in [2.45, 2.75) is 12.8 Å². The predicted octanol–water partition coefficient (Wildman–Crippen LogP) is 3.75. The first-order chi connectivity index (χ1) is 15.1. The quantitative estimate of drug-likeness (QED) is 0.317. The second-order valence-corrected chi connectivity index (χ2v) is 6.33. The Labute approximate surface area is 181 Å². The third-order valence-corrected chi connectivity index (χ3v) is 4.17. The van der Waals surface area contributed by atoms with Crippen molar-refractivity contribution in [1.82, 2.24) is 19.6 Å². The van der Waals surface area contributed by atoms with Gasteiger partial charge in [0.2, 0.25) is 0 Å². The number of nitrogens with one attached hydrogen (secondary N) is 3. The Bertz CT molecular complexity index is 1330. The van der Waals surface area contributed by atoms with Gasteiger partial charge >= 0.3 is 5.92 Å². The number of alkyl halides is 2. The number of rotatable bonds is 5. The van der Waals surface area contributed by atoms with Crippen LogP contribution >= 0.6 is 0 Å². The summed E-state index contributed by atoms with van der Waals surface area (Å²) in [4.78, 5) is 0. The van der Waals surface area contributed by atoms with Crippen molar-refractivity contribution >= 4 is 28.5 Å². The van der Waals surface area contributed by atoms with Gasteiger partial charge in [0.1, 0.15) is 11.3 Å². The van der Waals surface area contributed by atoms with Crippen molar-refractivity contribution in [3.05, 3.63) is 71.8 Å². The molecule has 0 spiro atoms. The molecule has 0 atom stereocenters. The highest BCUT2D eigenvalue weighted by molar-refractivity contribution is 6.07. The predicted molar refractivity (Wildman–Crippen MR) is 114 cm³/mol. The Balaban J connectivity index is 0.00000114. The molecule has 3 aromatic rings. The molecule has 32 heavy (non-hydrogen) atoms. The lowest BCUT2D eigenvalue weighted by Crippen LogP contribution is -2.40. The average molecular weight is 440 g/mol. The normalized spacial score (nSPS) is 11.3. The van der Waals surface area contributed by atoms with Gasteiger partial charge in [-0.1, -0.05) is 18.7 Å². The molecule has 3 N–H and O–H groups in total. The van der Waals surface area contributed by atoms with Gasteiger partial charge in [-0.25, -0.2) is 4.39 Å². The molecule has 0 aliphatic carbocycles. The fourth-order valence-corrected chi connectivity index (χ4v) is 2.76. The second-order valence-electron chi connectivity index (χ2n) is 6.33. The molecule has 0 radical (unpaired) electrons. The van der Waals surface area contributed by atoms with Crippen LogP contribution < -0.4 is 5.49 Å². The highest BCUT2D eigenvalue weighted by atomic mass is 19.3. The molecule has 0 saturated carbocycles. The van der Waals surface area contributed by atoms with Gasteiger partial charge in [0, 0.05) is 32.0 Å². The summed E-state index contributed by atoms with van der Waals surface area (Å²) in [5.74, 6) is -6.66. The van der Waals surface area contributed by atoms with Crippen LogP contribution in [0.5, 0.6) is 0 Å². The van der Waals surface area contributed by atoms with Crippen LogP contribution in [0.4, 0.5) is 13.2 Å². The second kappa shape index (κ2) is 9.65. The van der Waals surface area contributed by atoms with E-state index in [2.05, 4.69) is 16.8 Å². The molecule has 0 amide bonds. The fourth-order valence-electron chi connectivity index (χ4n) is 2.76. The molecular weight excluding hydrogens is 421 g/mol. The number of fused-ring (bicyclic) bond motifs is 1. The van der Waals surface area contributed by atoms with Crippen molar-refractivity contribution in [3.8, 4) is 6.07 Å². The number of aromatic nitrogens is 4. The number of nitrogens with zero attached hydrogens (tertiary/aromatic N) is 5. The lowest BCUT2D eigenvalue weighted by atomic mass is 10.0. The van der Waals surface area contributed by atoms with Crippen LogP contribution in [0.25, 0.3) is 16.5 Å². The zero-order chi connectivity index (χ0) is 24.1. The number of benzene rings is 1. The lowest BCUT2D eigenvalue weighted by molar-refractivity contribution is 0.0657. The van der Waals surface area contributed by atoms with Crippen molar-refractivity contribution < 1.29 is 13.2 Å². The molecule has 3 rings (SSSR count). The molecule has 0 unspecified atom stereocenters. The van der Waals surface area contributed by atoms with Crippen LogP contribution in [-0.4, -0.2) is 31.6 Å². The summed E-state index contributed by atoms with van der Waals surface area (Å²) in [5, 5.41) is 38.3. The van der Waals surface area contributed by atoms with E-state index in [1.165, 1.54) is 49.1 Å². The minimum Gasteiger partial charge on any atom is -0.308 e. The standard InChI is InChI=1S/C19H16F3N7.C2H3N/c1-3-4-11(9-23)14-7-8-16(24)29(27-14)18(25)19(21,22)13-5-6-15-12(17(13)20)10-28(2)26-15;1-2-3/h3-10,23-25H,1H2,2H3;1H3/b11-4+,23-9?,24-16?,25-18?;. The molecule has 0 saturated heterocycles. The van der Waals surface area contributed by atoms with E-state index in [4.69, 9.17) is 21.5 Å². The molecule has 0 aliphatic rings. The van der Waals surface area contributed by atoms with Crippen molar-refractivity contribution in [2.24, 2.45) is 7.05 Å². The molecule has 0 aliphatic heterocycles. The third kappa shape index (κ3) is 4.54. The maximum absolute atomic E-state index is 15.1. The van der Waals surface area contributed by atoms with E-state index in [0.29, 0.717) is 4.68 Å². The first-order valence-electron chi connectivity index (χ1n) is 9.01. The number of aryl methyl sites for hydroxylation is 1. The number of allylic oxidation sites excluding steroid dienone is 3. The van der Waals surface area contributed by atoms with Gasteiger partial charge in [-0.15, -0.1) is 0 Å². The fraction of sp³-hybridized carbons (Fsp3) is 0.143. The molecule has 2 aromatic heterocycles. The molecule has 164 valence electrons. The van der Waals surface area contributed by atoms with Crippen molar-refractivity contribution in [3.63, 3.8) is 0 Å². The molecule has 1 aromatic carbocycles. The summed E-state index contributed by atoms with van der Waals surface area (Å²) in [6.07, 6.45) is 5.03. The van der Waals surface area contributed by atoms with Gasteiger partial charge in [-0.05, 0) is 24.3 Å². The van der Waals surface area contributed by atoms with Gasteiger partial charge in [0.15, 0.2) is 5.84 Å². The van der Waals surface area contributed by atoms with Gasteiger partial charge in [0.05, 0.1) is 28.2 Å². The minimum atomic E-state index is -4.08. The zero-order valence-electron chi connectivity index (χ0n) is 17.2. The molecule has 0 fully saturated rings. The number of nitriles is 1. The molecule has 11 heteroatoms. The molecule has 0 bridgehead atoms. The Kier molecular flexibility index (Phi) is 7.22. The van der Waals surface area contributed by atoms with Crippen LogP contribution in [0.1, 0.15) is 18.2 Å². The first-order valence-corrected chi connectivity index (χ1v) is 9.01. The molecular formula is C21H19F3N8. The largest absolute Gasteiger partial charge is 0.334 e. The van der Waals surface area contributed by atoms with E-state index in [0.717, 1.165) is 18.3 Å². The van der Waals surface area contributed by atoms with E-state index in [1.54, 1.807) is 6.07 Å². The third-order valence-electron chi connectivity index (χ3n) is 4.17. The van der Waals surface area contributed by atoms with E-state index >= 15 is 8.78 Å². The van der Waals surface area contributed by atoms with Crippen LogP contribution in [-0.2, 0) is 13.0 Å². The van der Waals surface area contributed by atoms with Crippen molar-refractivity contribution in [2.75, 3.05) is 0 Å². The Morgan fingerprint density at radius 2 is 1.91 bits per heavy atom. The SMILES string of the molecule is C=C/C=C(\C=N)c1ccc(=N)n(C(=N)C(F)(F)c2ccc3nn(C)cc3c2F)n1.CC#N. The number of hydrogen-bond donors (Lipinski definition) is 3. The van der Waals surface area contributed by atoms with Gasteiger partial charge < -0.3 is 5.41 Å². The van der Waals surface area contributed by atoms with Crippen molar-refractivity contribution in [1.29, 1.82) is 21.5 Å². The lowest BCUT2D eigenvalue weighted by Gasteiger charge is -2.20. The Morgan fingerprint density at radius 1 is 1.25 bits per heavy atom. The molecule has 8 nitrogen and oxygen atoms in total. The van der Waals surface area contributed by atoms with Crippen LogP contribution in [0.15, 0.2) is 49.2 Å². The number of hydrogen-bond acceptors (Lipinski definition) is 6. The van der Waals surface area contributed by atoms with Crippen LogP contribution in [0.2, 0.25) is 0 Å². The smallest absolute Gasteiger partial charge is 0.308 e. The summed E-state index contributed by atoms with van der Waals surface area (Å²) in [6, 6.07) is 6.37. The summed E-state index contributed by atoms with van der Waals surface area (Å²) in [7, 11) is 1.54.